The van der Waals surface area contributed by atoms with Crippen LogP contribution in [-0.2, 0) is 17.9 Å². The summed E-state index contributed by atoms with van der Waals surface area (Å²) >= 11 is 0. The number of fused-ring (bicyclic) bond motifs is 2. The highest BCUT2D eigenvalue weighted by Crippen LogP contribution is 2.37. The fourth-order valence-electron chi connectivity index (χ4n) is 8.40. The predicted octanol–water partition coefficient (Wildman–Crippen LogP) is 6.64. The van der Waals surface area contributed by atoms with E-state index in [2.05, 4.69) is 40.5 Å². The third-order valence-electron chi connectivity index (χ3n) is 11.5. The van der Waals surface area contributed by atoms with Gasteiger partial charge < -0.3 is 20.8 Å². The zero-order valence-corrected chi connectivity index (χ0v) is 31.4. The first kappa shape index (κ1) is 37.5. The lowest BCUT2D eigenvalue weighted by atomic mass is 9.93. The summed E-state index contributed by atoms with van der Waals surface area (Å²) in [4.78, 5) is 42.5. The Bertz CT molecular complexity index is 2290. The van der Waals surface area contributed by atoms with Gasteiger partial charge in [-0.3, -0.25) is 29.1 Å². The lowest BCUT2D eigenvalue weighted by molar-refractivity contribution is -0.143. The normalized spacial score (nSPS) is 19.4. The molecule has 0 spiro atoms. The Morgan fingerprint density at radius 2 is 1.66 bits per heavy atom. The number of carbonyl (C=O) groups excluding carboxylic acids is 1. The number of hydrogen-bond acceptors (Lipinski definition) is 10. The van der Waals surface area contributed by atoms with Crippen molar-refractivity contribution in [3.8, 4) is 11.1 Å². The molecule has 2 saturated heterocycles. The molecule has 2 aromatic carbocycles. The molecule has 0 unspecified atom stereocenters. The molecule has 2 atom stereocenters. The number of piperidine rings is 1. The zero-order chi connectivity index (χ0) is 39.1. The van der Waals surface area contributed by atoms with Crippen molar-refractivity contribution in [3.63, 3.8) is 0 Å². The van der Waals surface area contributed by atoms with Crippen LogP contribution in [0.25, 0.3) is 22.2 Å². The number of benzene rings is 2. The fourth-order valence-corrected chi connectivity index (χ4v) is 8.40. The van der Waals surface area contributed by atoms with Gasteiger partial charge in [-0.2, -0.15) is 5.10 Å². The fraction of sp³-hybridized carbons (Fsp3) is 0.415. The molecule has 3 aliphatic heterocycles. The summed E-state index contributed by atoms with van der Waals surface area (Å²) in [6.45, 7) is 7.82. The number of carbonyl (C=O) groups is 2. The summed E-state index contributed by atoms with van der Waals surface area (Å²) in [5.74, 6) is -1.79. The van der Waals surface area contributed by atoms with E-state index in [4.69, 9.17) is 0 Å². The molecule has 0 aliphatic carbocycles. The molecule has 0 bridgehead atoms. The van der Waals surface area contributed by atoms with Gasteiger partial charge in [0.25, 0.3) is 12.3 Å². The Labute approximate surface area is 322 Å². The van der Waals surface area contributed by atoms with Crippen molar-refractivity contribution in [1.29, 1.82) is 0 Å². The van der Waals surface area contributed by atoms with Crippen molar-refractivity contribution >= 4 is 40.1 Å². The lowest BCUT2D eigenvalue weighted by Gasteiger charge is -2.38. The average Bonchev–Trinajstić information content (AvgIpc) is 3.82. The SMILES string of the molecule is Cc1c(NC(=O)c2cc3n(n2)CCC[C@@H]3N2CCC(C(=O)O)CC2)cccc1-c1cccc(Nc2nc(C(F)F)nc3cc(CN4CC[C@@H](O)C4)cnc23)c1C. The van der Waals surface area contributed by atoms with E-state index in [0.717, 1.165) is 59.4 Å². The number of anilines is 3. The van der Waals surface area contributed by atoms with Crippen molar-refractivity contribution in [2.24, 2.45) is 5.92 Å². The number of nitrogens with one attached hydrogen (secondary N) is 2. The van der Waals surface area contributed by atoms with E-state index in [1.165, 1.54) is 0 Å². The van der Waals surface area contributed by atoms with Crippen LogP contribution in [0.15, 0.2) is 54.7 Å². The number of likely N-dealkylation sites (tertiary alicyclic amines) is 2. The van der Waals surface area contributed by atoms with Crippen LogP contribution in [0.2, 0.25) is 0 Å². The summed E-state index contributed by atoms with van der Waals surface area (Å²) in [5, 5.41) is 30.4. The largest absolute Gasteiger partial charge is 0.481 e. The van der Waals surface area contributed by atoms with Crippen LogP contribution in [-0.4, -0.2) is 88.9 Å². The monoisotopic (exact) mass is 765 g/mol. The number of hydrogen-bond donors (Lipinski definition) is 4. The summed E-state index contributed by atoms with van der Waals surface area (Å²) in [5.41, 5.74) is 7.52. The van der Waals surface area contributed by atoms with E-state index in [1.807, 2.05) is 61.0 Å². The number of pyridine rings is 1. The van der Waals surface area contributed by atoms with E-state index in [-0.39, 0.29) is 29.8 Å². The van der Waals surface area contributed by atoms with Gasteiger partial charge in [0, 0.05) is 43.8 Å². The standard InChI is InChI=1S/C41H45F2N9O4/c1-23-28(6-3-8-30(23)45-38-36-32(46-39(48-38)37(42)43)18-25(20-44-36)21-50-15-13-27(53)22-50)29-7-4-9-31(24(29)2)47-40(54)33-19-35-34(10-5-14-52(35)49-33)51-16-11-26(12-17-51)41(55)56/h3-4,6-9,18-20,26-27,34,37,53H,5,10-17,21-22H2,1-2H3,(H,47,54)(H,55,56)(H,45,46,48)/t27-,34+/m1/s1. The van der Waals surface area contributed by atoms with Gasteiger partial charge >= 0.3 is 5.97 Å². The van der Waals surface area contributed by atoms with Crippen LogP contribution in [0, 0.1) is 19.8 Å². The smallest absolute Gasteiger partial charge is 0.306 e. The number of halogens is 2. The highest BCUT2D eigenvalue weighted by atomic mass is 19.3. The predicted molar refractivity (Wildman–Crippen MR) is 207 cm³/mol. The van der Waals surface area contributed by atoms with Gasteiger partial charge in [0.05, 0.1) is 29.3 Å². The molecule has 0 saturated carbocycles. The Morgan fingerprint density at radius 3 is 2.36 bits per heavy atom. The minimum atomic E-state index is -2.89. The van der Waals surface area contributed by atoms with Gasteiger partial charge in [0.2, 0.25) is 0 Å². The highest BCUT2D eigenvalue weighted by Gasteiger charge is 2.33. The number of alkyl halides is 2. The first-order valence-corrected chi connectivity index (χ1v) is 19.2. The number of β-amino-alcohol motifs (C(OH)–C–C–N with tert-alkyl or cyclic N) is 1. The van der Waals surface area contributed by atoms with E-state index in [1.54, 1.807) is 12.3 Å². The van der Waals surface area contributed by atoms with Gasteiger partial charge in [-0.05, 0) is 111 Å². The van der Waals surface area contributed by atoms with E-state index in [9.17, 15) is 28.6 Å². The molecule has 292 valence electrons. The number of rotatable bonds is 10. The third kappa shape index (κ3) is 7.58. The summed E-state index contributed by atoms with van der Waals surface area (Å²) in [6.07, 6.45) is 2.22. The zero-order valence-electron chi connectivity index (χ0n) is 31.4. The Balaban J connectivity index is 1.02. The molecule has 0 radical (unpaired) electrons. The molecule has 2 fully saturated rings. The molecule has 8 rings (SSSR count). The van der Waals surface area contributed by atoms with Gasteiger partial charge in [0.15, 0.2) is 17.3 Å². The summed E-state index contributed by atoms with van der Waals surface area (Å²) in [6, 6.07) is 15.1. The number of aliphatic hydroxyl groups excluding tert-OH is 1. The van der Waals surface area contributed by atoms with Crippen LogP contribution >= 0.6 is 0 Å². The first-order chi connectivity index (χ1) is 27.0. The molecule has 4 N–H and O–H groups in total. The van der Waals surface area contributed by atoms with Crippen molar-refractivity contribution in [2.45, 2.75) is 77.6 Å². The second kappa shape index (κ2) is 15.6. The topological polar surface area (TPSA) is 162 Å². The molecule has 3 aliphatic rings. The molecule has 15 heteroatoms. The molecule has 5 aromatic rings. The second-order valence-corrected chi connectivity index (χ2v) is 15.1. The average molecular weight is 766 g/mol. The third-order valence-corrected chi connectivity index (χ3v) is 11.5. The van der Waals surface area contributed by atoms with Gasteiger partial charge in [0.1, 0.15) is 5.52 Å². The Hall–Kier alpha value is -5.38. The van der Waals surface area contributed by atoms with Gasteiger partial charge in [-0.25, -0.2) is 18.7 Å². The van der Waals surface area contributed by atoms with Gasteiger partial charge in [-0.1, -0.05) is 24.3 Å². The van der Waals surface area contributed by atoms with Crippen LogP contribution in [0.1, 0.15) is 83.3 Å². The highest BCUT2D eigenvalue weighted by molar-refractivity contribution is 6.04. The number of nitrogens with zero attached hydrogens (tertiary/aromatic N) is 7. The molecule has 1 amide bonds. The Kier molecular flexibility index (Phi) is 10.5. The molecule has 56 heavy (non-hydrogen) atoms. The van der Waals surface area contributed by atoms with E-state index >= 15 is 0 Å². The lowest BCUT2D eigenvalue weighted by Crippen LogP contribution is -2.40. The molecular formula is C41H45F2N9O4. The van der Waals surface area contributed by atoms with Crippen LogP contribution in [0.3, 0.4) is 0 Å². The maximum Gasteiger partial charge on any atom is 0.306 e. The van der Waals surface area contributed by atoms with Crippen LogP contribution in [0.5, 0.6) is 0 Å². The van der Waals surface area contributed by atoms with E-state index in [0.29, 0.717) is 73.5 Å². The number of amides is 1. The molecule has 6 heterocycles. The van der Waals surface area contributed by atoms with E-state index < -0.39 is 18.2 Å². The number of aryl methyl sites for hydroxylation is 1. The maximum absolute atomic E-state index is 14.1. The quantitative estimate of drug-likeness (QED) is 0.121. The summed E-state index contributed by atoms with van der Waals surface area (Å²) in [7, 11) is 0. The number of aromatic nitrogens is 5. The minimum absolute atomic E-state index is 0.0904. The van der Waals surface area contributed by atoms with Crippen molar-refractivity contribution < 1.29 is 28.6 Å². The molecule has 3 aromatic heterocycles. The second-order valence-electron chi connectivity index (χ2n) is 15.1. The van der Waals surface area contributed by atoms with Crippen LogP contribution in [0.4, 0.5) is 26.0 Å². The van der Waals surface area contributed by atoms with Crippen molar-refractivity contribution in [3.05, 3.63) is 88.6 Å². The number of aliphatic hydroxyl groups is 1. The molecular weight excluding hydrogens is 721 g/mol. The van der Waals surface area contributed by atoms with Crippen molar-refractivity contribution in [2.75, 3.05) is 36.8 Å². The number of carboxylic acids is 1. The number of carboxylic acid groups (broad SMARTS) is 1. The minimum Gasteiger partial charge on any atom is -0.481 e. The first-order valence-electron chi connectivity index (χ1n) is 19.2. The molecule has 13 nitrogen and oxygen atoms in total. The Morgan fingerprint density at radius 1 is 0.929 bits per heavy atom. The van der Waals surface area contributed by atoms with Crippen molar-refractivity contribution in [1.82, 2.24) is 34.5 Å². The maximum atomic E-state index is 14.1. The summed E-state index contributed by atoms with van der Waals surface area (Å²) < 4.78 is 30.0. The number of aliphatic carboxylic acids is 1. The van der Waals surface area contributed by atoms with Crippen LogP contribution < -0.4 is 10.6 Å². The van der Waals surface area contributed by atoms with Gasteiger partial charge in [-0.15, -0.1) is 0 Å².